The highest BCUT2D eigenvalue weighted by Crippen LogP contribution is 2.48. The molecule has 2 aromatic rings. The van der Waals surface area contributed by atoms with Crippen LogP contribution < -0.4 is 14.2 Å². The first-order valence-corrected chi connectivity index (χ1v) is 40.6. The second kappa shape index (κ2) is 34.0. The van der Waals surface area contributed by atoms with Gasteiger partial charge in [-0.3, -0.25) is 62.2 Å². The minimum Gasteiger partial charge on any atom is -0.493 e. The SMILES string of the molecule is C=C1C[C@H]2CCc3cc(OCCP(=O)(CCOc4cc5c(cc4CO)C(=O)N4CC(=C)C[C@H]4C(S(=O)(=O)O)C5)CCSC4CC(=O)N(CCCC(=O)CC(CC(=O)CCCN5CCCC5=O)(CC(=O)CCCN5CCCC5=O)CC(=O)CCCN5CCCC5=O)C4=O)c(OC)cc3C(=O)N2C1. The molecular weight excluding hydrogens is 1360 g/mol. The summed E-state index contributed by atoms with van der Waals surface area (Å²) in [5.74, 6) is -1.78. The van der Waals surface area contributed by atoms with E-state index in [0.29, 0.717) is 113 Å². The minimum atomic E-state index is -4.67. The number of likely N-dealkylation sites (tertiary alicyclic amines) is 4. The first-order valence-electron chi connectivity index (χ1n) is 35.8. The van der Waals surface area contributed by atoms with Crippen molar-refractivity contribution in [3.8, 4) is 17.2 Å². The molecule has 6 fully saturated rings. The van der Waals surface area contributed by atoms with E-state index in [4.69, 9.17) is 14.2 Å². The zero-order valence-corrected chi connectivity index (χ0v) is 60.6. The fourth-order valence-corrected chi connectivity index (χ4v) is 21.2. The summed E-state index contributed by atoms with van der Waals surface area (Å²) in [6, 6.07) is 5.51. The molecule has 2 aromatic carbocycles. The Bertz CT molecular complexity index is 3650. The normalized spacial score (nSPS) is 21.5. The van der Waals surface area contributed by atoms with Crippen LogP contribution in [-0.2, 0) is 77.3 Å². The van der Waals surface area contributed by atoms with Crippen LogP contribution in [0.1, 0.15) is 179 Å². The zero-order chi connectivity index (χ0) is 72.3. The van der Waals surface area contributed by atoms with Crippen molar-refractivity contribution in [2.75, 3.05) is 103 Å². The summed E-state index contributed by atoms with van der Waals surface area (Å²) in [5, 5.41) is 8.38. The minimum absolute atomic E-state index is 0.00364. The van der Waals surface area contributed by atoms with Crippen LogP contribution in [0.3, 0.4) is 0 Å². The molecule has 101 heavy (non-hydrogen) atoms. The number of imide groups is 1. The van der Waals surface area contributed by atoms with Crippen molar-refractivity contribution >= 4 is 93.5 Å². The second-order valence-corrected chi connectivity index (χ2v) is 35.2. The lowest BCUT2D eigenvalue weighted by Gasteiger charge is -2.32. The molecule has 8 aliphatic rings. The summed E-state index contributed by atoms with van der Waals surface area (Å²) >= 11 is 1.16. The van der Waals surface area contributed by atoms with Crippen LogP contribution in [-0.4, -0.2) is 238 Å². The number of thioether (sulfide) groups is 1. The number of nitrogens with zero attached hydrogens (tertiary/aromatic N) is 6. The van der Waals surface area contributed by atoms with Crippen LogP contribution >= 0.6 is 18.9 Å². The van der Waals surface area contributed by atoms with E-state index in [1.165, 1.54) is 24.1 Å². The molecule has 8 aliphatic heterocycles. The summed E-state index contributed by atoms with van der Waals surface area (Å²) in [7, 11) is -6.60. The van der Waals surface area contributed by atoms with Crippen LogP contribution in [0.25, 0.3) is 0 Å². The number of hydrogen-bond donors (Lipinski definition) is 2. The number of fused-ring (bicyclic) bond motifs is 4. The predicted molar refractivity (Wildman–Crippen MR) is 376 cm³/mol. The fourth-order valence-electron chi connectivity index (χ4n) is 16.0. The van der Waals surface area contributed by atoms with Gasteiger partial charge in [0.05, 0.1) is 45.4 Å². The number of ether oxygens (including phenoxy) is 3. The highest BCUT2D eigenvalue weighted by atomic mass is 32.2. The summed E-state index contributed by atoms with van der Waals surface area (Å²) in [6.45, 7) is 10.6. The van der Waals surface area contributed by atoms with Gasteiger partial charge in [0.1, 0.15) is 34.1 Å². The van der Waals surface area contributed by atoms with Gasteiger partial charge in [-0.05, 0) is 118 Å². The van der Waals surface area contributed by atoms with Gasteiger partial charge in [0, 0.05) is 183 Å². The Morgan fingerprint density at radius 3 is 1.61 bits per heavy atom. The number of aliphatic hydroxyl groups is 1. The lowest BCUT2D eigenvalue weighted by Crippen LogP contribution is -2.44. The van der Waals surface area contributed by atoms with Crippen LogP contribution in [0.2, 0.25) is 0 Å². The molecule has 0 aromatic heterocycles. The van der Waals surface area contributed by atoms with E-state index in [2.05, 4.69) is 13.2 Å². The van der Waals surface area contributed by atoms with E-state index in [-0.39, 0.29) is 203 Å². The Labute approximate surface area is 595 Å². The molecule has 28 heteroatoms. The third kappa shape index (κ3) is 19.4. The second-order valence-electron chi connectivity index (χ2n) is 28.8. The maximum atomic E-state index is 15.4. The van der Waals surface area contributed by atoms with Crippen molar-refractivity contribution < 1.29 is 89.6 Å². The Balaban J connectivity index is 0.801. The average molecular weight is 1460 g/mol. The number of ketones is 4. The highest BCUT2D eigenvalue weighted by molar-refractivity contribution is 8.01. The van der Waals surface area contributed by atoms with Crippen LogP contribution in [0.15, 0.2) is 48.6 Å². The molecule has 5 atom stereocenters. The largest absolute Gasteiger partial charge is 0.493 e. The monoisotopic (exact) mass is 1460 g/mol. The molecule has 25 nitrogen and oxygen atoms in total. The third-order valence-corrected chi connectivity index (χ3v) is 27.1. The predicted octanol–water partition coefficient (Wildman–Crippen LogP) is 6.98. The maximum Gasteiger partial charge on any atom is 0.270 e. The van der Waals surface area contributed by atoms with Gasteiger partial charge in [0.25, 0.3) is 21.9 Å². The number of Topliss-reactive ketones (excluding diaryl/α,β-unsaturated/α-hetero) is 4. The van der Waals surface area contributed by atoms with E-state index < -0.39 is 63.5 Å². The van der Waals surface area contributed by atoms with Crippen molar-refractivity contribution in [2.45, 2.75) is 183 Å². The lowest BCUT2D eigenvalue weighted by molar-refractivity contribution is -0.139. The van der Waals surface area contributed by atoms with Gasteiger partial charge >= 0.3 is 0 Å². The third-order valence-electron chi connectivity index (χ3n) is 21.3. The molecule has 0 aliphatic carbocycles. The van der Waals surface area contributed by atoms with Crippen molar-refractivity contribution in [3.05, 3.63) is 76.4 Å². The number of carbonyl (C=O) groups excluding carboxylic acids is 11. The van der Waals surface area contributed by atoms with Crippen LogP contribution in [0.4, 0.5) is 0 Å². The Morgan fingerprint density at radius 1 is 0.604 bits per heavy atom. The summed E-state index contributed by atoms with van der Waals surface area (Å²) in [6.07, 6.45) is 5.37. The van der Waals surface area contributed by atoms with Crippen molar-refractivity contribution in [1.29, 1.82) is 0 Å². The zero-order valence-electron chi connectivity index (χ0n) is 58.1. The van der Waals surface area contributed by atoms with Crippen molar-refractivity contribution in [3.63, 3.8) is 0 Å². The molecule has 2 N–H and O–H groups in total. The van der Waals surface area contributed by atoms with E-state index in [1.807, 2.05) is 4.90 Å². The number of hydrogen-bond acceptors (Lipinski definition) is 19. The highest BCUT2D eigenvalue weighted by Gasteiger charge is 2.47. The number of aliphatic hydroxyl groups excluding tert-OH is 1. The van der Waals surface area contributed by atoms with Gasteiger partial charge in [-0.2, -0.15) is 8.42 Å². The number of benzene rings is 2. The smallest absolute Gasteiger partial charge is 0.270 e. The Kier molecular flexibility index (Phi) is 25.8. The maximum absolute atomic E-state index is 15.4. The molecule has 6 saturated heterocycles. The molecule has 7 amide bonds. The van der Waals surface area contributed by atoms with Crippen LogP contribution in [0, 0.1) is 5.41 Å². The molecule has 3 unspecified atom stereocenters. The summed E-state index contributed by atoms with van der Waals surface area (Å²) in [4.78, 5) is 159. The average Bonchev–Trinajstić information content (AvgIpc) is 1.62. The van der Waals surface area contributed by atoms with Gasteiger partial charge in [0.15, 0.2) is 11.5 Å². The number of carbonyl (C=O) groups is 11. The standard InChI is InChI=1S/C73H97N6O19PS2/c1-48-33-53-19-18-50-36-63(62(96-3)39-59(50)70(89)78(53)45-48)98-28-30-99(92,29-27-97-61-37-51-38-65(101(93,94)95)60-34-49(2)46-79(60)71(90)58(51)35-52(61)47-80)31-32-100-64-40-69(88)77(72(64)91)26-7-14-57(84)44-73(41-54(81)11-4-20-74-23-8-15-66(74)85,42-55(82)12-5-21-75-24-9-16-67(75)86)43-56(83)13-6-22-76-25-10-17-68(76)87/h35-37,39,53,60,64-65,80H,1-2,4-34,38,40-47H2,3H3,(H,93,94,95)/t53-,60+,64?,65?,99?/m1/s1. The van der Waals surface area contributed by atoms with E-state index >= 15 is 4.57 Å². The summed E-state index contributed by atoms with van der Waals surface area (Å²) < 4.78 is 69.9. The molecule has 8 heterocycles. The molecule has 0 spiro atoms. The van der Waals surface area contributed by atoms with Crippen LogP contribution in [0.5, 0.6) is 17.2 Å². The fraction of sp³-hybridized carbons (Fsp3) is 0.630. The Morgan fingerprint density at radius 2 is 1.10 bits per heavy atom. The topological polar surface area (TPSA) is 327 Å². The first kappa shape index (κ1) is 76.6. The molecule has 10 rings (SSSR count). The van der Waals surface area contributed by atoms with Crippen molar-refractivity contribution in [1.82, 2.24) is 29.4 Å². The van der Waals surface area contributed by atoms with E-state index in [1.54, 1.807) is 26.8 Å². The van der Waals surface area contributed by atoms with Gasteiger partial charge < -0.3 is 48.4 Å². The first-order chi connectivity index (χ1) is 48.2. The number of methoxy groups -OCH3 is 1. The molecule has 0 radical (unpaired) electrons. The van der Waals surface area contributed by atoms with Gasteiger partial charge in [-0.1, -0.05) is 24.3 Å². The van der Waals surface area contributed by atoms with E-state index in [0.717, 1.165) is 59.9 Å². The number of rotatable bonds is 39. The van der Waals surface area contributed by atoms with Crippen molar-refractivity contribution in [2.24, 2.45) is 5.41 Å². The number of amides is 7. The van der Waals surface area contributed by atoms with Gasteiger partial charge in [-0.25, -0.2) is 0 Å². The lowest BCUT2D eigenvalue weighted by atomic mass is 9.69. The summed E-state index contributed by atoms with van der Waals surface area (Å²) in [5.41, 5.74) is 2.13. The molecule has 0 bridgehead atoms. The quantitative estimate of drug-likeness (QED) is 0.0295. The molecule has 0 saturated carbocycles. The Hall–Kier alpha value is -7.06. The number of aryl methyl sites for hydroxylation is 1. The van der Waals surface area contributed by atoms with Gasteiger partial charge in [-0.15, -0.1) is 11.8 Å². The molecule has 550 valence electrons. The van der Waals surface area contributed by atoms with E-state index in [9.17, 15) is 70.8 Å². The molecular formula is C73H97N6O19PS2. The van der Waals surface area contributed by atoms with Gasteiger partial charge in [0.2, 0.25) is 29.5 Å².